The first-order valence-corrected chi connectivity index (χ1v) is 10.9. The van der Waals surface area contributed by atoms with Gasteiger partial charge in [-0.25, -0.2) is 8.42 Å². The molecule has 0 unspecified atom stereocenters. The molecule has 0 aliphatic carbocycles. The molecule has 1 atom stereocenters. The van der Waals surface area contributed by atoms with Crippen LogP contribution in [0.1, 0.15) is 32.4 Å². The number of hydrogen-bond donors (Lipinski definition) is 1. The zero-order valence-corrected chi connectivity index (χ0v) is 17.7. The van der Waals surface area contributed by atoms with Crippen LogP contribution in [0, 0.1) is 0 Å². The molecule has 7 heteroatoms. The Balaban J connectivity index is 1.99. The zero-order chi connectivity index (χ0) is 20.7. The molecular weight excluding hydrogens is 374 g/mol. The molecule has 0 aromatic heterocycles. The highest BCUT2D eigenvalue weighted by atomic mass is 32.2. The van der Waals surface area contributed by atoms with E-state index in [1.165, 1.54) is 4.31 Å². The highest BCUT2D eigenvalue weighted by Crippen LogP contribution is 2.19. The van der Waals surface area contributed by atoms with Gasteiger partial charge in [0, 0.05) is 31.9 Å². The summed E-state index contributed by atoms with van der Waals surface area (Å²) in [5.74, 6) is -0.0428. The van der Waals surface area contributed by atoms with Gasteiger partial charge in [-0.05, 0) is 36.8 Å². The Kier molecular flexibility index (Phi) is 7.74. The molecule has 0 heterocycles. The number of carbonyl (C=O) groups is 1. The van der Waals surface area contributed by atoms with Gasteiger partial charge in [-0.3, -0.25) is 4.79 Å². The van der Waals surface area contributed by atoms with Gasteiger partial charge in [0.1, 0.15) is 0 Å². The number of rotatable bonds is 9. The Bertz CT molecular complexity index is 864. The van der Waals surface area contributed by atoms with Crippen molar-refractivity contribution in [2.45, 2.75) is 31.7 Å². The van der Waals surface area contributed by atoms with Crippen LogP contribution in [0.15, 0.2) is 59.5 Å². The lowest BCUT2D eigenvalue weighted by Crippen LogP contribution is -2.36. The maximum absolute atomic E-state index is 12.6. The lowest BCUT2D eigenvalue weighted by Gasteiger charge is -2.21. The van der Waals surface area contributed by atoms with E-state index < -0.39 is 10.0 Å². The van der Waals surface area contributed by atoms with Crippen LogP contribution in [-0.2, 0) is 14.8 Å². The molecule has 1 amide bonds. The van der Waals surface area contributed by atoms with Crippen molar-refractivity contribution in [1.29, 1.82) is 0 Å². The van der Waals surface area contributed by atoms with Gasteiger partial charge in [0.25, 0.3) is 0 Å². The fourth-order valence-corrected chi connectivity index (χ4v) is 4.37. The third-order valence-electron chi connectivity index (χ3n) is 4.80. The minimum atomic E-state index is -3.46. The molecule has 152 valence electrons. The topological polar surface area (TPSA) is 69.7 Å². The fourth-order valence-electron chi connectivity index (χ4n) is 2.91. The molecule has 0 aliphatic rings. The quantitative estimate of drug-likeness (QED) is 0.699. The Morgan fingerprint density at radius 2 is 1.57 bits per heavy atom. The fraction of sp³-hybridized carbons (Fsp3) is 0.381. The van der Waals surface area contributed by atoms with Gasteiger partial charge in [-0.2, -0.15) is 4.31 Å². The molecule has 1 N–H and O–H groups in total. The third kappa shape index (κ3) is 5.19. The summed E-state index contributed by atoms with van der Waals surface area (Å²) in [7, 11) is -1.71. The average Bonchev–Trinajstić information content (AvgIpc) is 2.72. The van der Waals surface area contributed by atoms with Gasteiger partial charge in [0.2, 0.25) is 15.9 Å². The molecule has 28 heavy (non-hydrogen) atoms. The molecule has 0 saturated heterocycles. The Morgan fingerprint density at radius 3 is 2.11 bits per heavy atom. The van der Waals surface area contributed by atoms with Crippen molar-refractivity contribution >= 4 is 21.6 Å². The Labute approximate surface area is 168 Å². The van der Waals surface area contributed by atoms with E-state index in [4.69, 9.17) is 0 Å². The predicted octanol–water partition coefficient (Wildman–Crippen LogP) is 3.03. The summed E-state index contributed by atoms with van der Waals surface area (Å²) in [5, 5.41) is 3.20. The SMILES string of the molecule is CCN(CC)S(=O)(=O)c1ccc([C@@H](C)NCC(=O)N(C)c2ccccc2)cc1. The van der Waals surface area contributed by atoms with Gasteiger partial charge >= 0.3 is 0 Å². The van der Waals surface area contributed by atoms with Crippen molar-refractivity contribution in [3.8, 4) is 0 Å². The van der Waals surface area contributed by atoms with Gasteiger partial charge in [-0.1, -0.05) is 44.2 Å². The van der Waals surface area contributed by atoms with Gasteiger partial charge in [-0.15, -0.1) is 0 Å². The van der Waals surface area contributed by atoms with E-state index in [1.54, 1.807) is 36.2 Å². The third-order valence-corrected chi connectivity index (χ3v) is 6.86. The number of anilines is 1. The Hall–Kier alpha value is -2.22. The molecular formula is C21H29N3O3S. The number of amides is 1. The number of para-hydroxylation sites is 1. The summed E-state index contributed by atoms with van der Waals surface area (Å²) in [5.41, 5.74) is 1.77. The van der Waals surface area contributed by atoms with Crippen molar-refractivity contribution in [2.75, 3.05) is 31.6 Å². The Morgan fingerprint density at radius 1 is 1.00 bits per heavy atom. The van der Waals surface area contributed by atoms with E-state index in [2.05, 4.69) is 5.32 Å². The van der Waals surface area contributed by atoms with Crippen LogP contribution < -0.4 is 10.2 Å². The first-order valence-electron chi connectivity index (χ1n) is 9.46. The standard InChI is InChI=1S/C21H29N3O3S/c1-5-24(6-2)28(26,27)20-14-12-18(13-15-20)17(3)22-16-21(25)23(4)19-10-8-7-9-11-19/h7-15,17,22H,5-6,16H2,1-4H3/t17-/m1/s1. The van der Waals surface area contributed by atoms with Crippen LogP contribution in [0.3, 0.4) is 0 Å². The van der Waals surface area contributed by atoms with Crippen LogP contribution in [0.4, 0.5) is 5.69 Å². The largest absolute Gasteiger partial charge is 0.314 e. The highest BCUT2D eigenvalue weighted by molar-refractivity contribution is 7.89. The zero-order valence-electron chi connectivity index (χ0n) is 16.9. The smallest absolute Gasteiger partial charge is 0.243 e. The number of nitrogens with zero attached hydrogens (tertiary/aromatic N) is 2. The average molecular weight is 404 g/mol. The minimum Gasteiger partial charge on any atom is -0.314 e. The second-order valence-electron chi connectivity index (χ2n) is 6.55. The highest BCUT2D eigenvalue weighted by Gasteiger charge is 2.21. The van der Waals surface area contributed by atoms with E-state index in [0.29, 0.717) is 13.1 Å². The second kappa shape index (κ2) is 9.82. The summed E-state index contributed by atoms with van der Waals surface area (Å²) >= 11 is 0. The molecule has 0 bridgehead atoms. The molecule has 6 nitrogen and oxygen atoms in total. The number of hydrogen-bond acceptors (Lipinski definition) is 4. The summed E-state index contributed by atoms with van der Waals surface area (Å²) in [6.07, 6.45) is 0. The molecule has 2 aromatic carbocycles. The van der Waals surface area contributed by atoms with Crippen molar-refractivity contribution in [1.82, 2.24) is 9.62 Å². The number of benzene rings is 2. The summed E-state index contributed by atoms with van der Waals surface area (Å²) in [6.45, 7) is 6.66. The number of likely N-dealkylation sites (N-methyl/N-ethyl adjacent to an activating group) is 1. The minimum absolute atomic E-state index is 0.0428. The molecule has 0 aliphatic heterocycles. The van der Waals surface area contributed by atoms with E-state index in [-0.39, 0.29) is 23.4 Å². The normalized spacial score (nSPS) is 12.8. The van der Waals surface area contributed by atoms with Crippen molar-refractivity contribution in [3.63, 3.8) is 0 Å². The number of carbonyl (C=O) groups excluding carboxylic acids is 1. The molecule has 2 aromatic rings. The second-order valence-corrected chi connectivity index (χ2v) is 8.49. The maximum atomic E-state index is 12.6. The number of nitrogens with one attached hydrogen (secondary N) is 1. The van der Waals surface area contributed by atoms with Crippen LogP contribution >= 0.6 is 0 Å². The van der Waals surface area contributed by atoms with E-state index in [0.717, 1.165) is 11.3 Å². The summed E-state index contributed by atoms with van der Waals surface area (Å²) in [6, 6.07) is 16.2. The van der Waals surface area contributed by atoms with E-state index in [1.807, 2.05) is 51.1 Å². The molecule has 0 saturated carbocycles. The lowest BCUT2D eigenvalue weighted by atomic mass is 10.1. The monoisotopic (exact) mass is 403 g/mol. The van der Waals surface area contributed by atoms with Crippen molar-refractivity contribution in [3.05, 3.63) is 60.2 Å². The number of sulfonamides is 1. The summed E-state index contributed by atoms with van der Waals surface area (Å²) < 4.78 is 26.6. The van der Waals surface area contributed by atoms with E-state index in [9.17, 15) is 13.2 Å². The van der Waals surface area contributed by atoms with Crippen LogP contribution in [0.2, 0.25) is 0 Å². The predicted molar refractivity (Wildman–Crippen MR) is 113 cm³/mol. The summed E-state index contributed by atoms with van der Waals surface area (Å²) in [4.78, 5) is 14.3. The van der Waals surface area contributed by atoms with Crippen LogP contribution in [0.5, 0.6) is 0 Å². The first kappa shape index (κ1) is 22.1. The van der Waals surface area contributed by atoms with Crippen molar-refractivity contribution < 1.29 is 13.2 Å². The molecule has 0 spiro atoms. The van der Waals surface area contributed by atoms with Gasteiger partial charge in [0.15, 0.2) is 0 Å². The first-order chi connectivity index (χ1) is 13.3. The van der Waals surface area contributed by atoms with Crippen LogP contribution in [-0.4, -0.2) is 45.3 Å². The van der Waals surface area contributed by atoms with Gasteiger partial charge < -0.3 is 10.2 Å². The molecule has 0 radical (unpaired) electrons. The molecule has 2 rings (SSSR count). The van der Waals surface area contributed by atoms with E-state index >= 15 is 0 Å². The van der Waals surface area contributed by atoms with Gasteiger partial charge in [0.05, 0.1) is 11.4 Å². The van der Waals surface area contributed by atoms with Crippen LogP contribution in [0.25, 0.3) is 0 Å². The van der Waals surface area contributed by atoms with Crippen molar-refractivity contribution in [2.24, 2.45) is 0 Å². The maximum Gasteiger partial charge on any atom is 0.243 e. The molecule has 0 fully saturated rings. The lowest BCUT2D eigenvalue weighted by molar-refractivity contribution is -0.117.